The molecule has 1 saturated carbocycles. The second-order valence-electron chi connectivity index (χ2n) is 3.81. The Labute approximate surface area is 77.0 Å². The Kier molecular flexibility index (Phi) is 1.71. The number of hydrogen-bond donors (Lipinski definition) is 0. The van der Waals surface area contributed by atoms with Crippen LogP contribution < -0.4 is 0 Å². The van der Waals surface area contributed by atoms with Gasteiger partial charge in [0.15, 0.2) is 0 Å². The lowest BCUT2D eigenvalue weighted by Gasteiger charge is -2.09. The first-order chi connectivity index (χ1) is 6.14. The van der Waals surface area contributed by atoms with Gasteiger partial charge < -0.3 is 0 Å². The monoisotopic (exact) mass is 179 g/mol. The number of Topliss-reactive ketones (excluding diaryl/α,β-unsaturated/α-hetero) is 1. The standard InChI is InChI=1S/C9H13N3O/c1-7(13)9(3-4-9)5-8-10-6-11-12(8)2/h6H,3-5H2,1-2H3. The van der Waals surface area contributed by atoms with Crippen molar-refractivity contribution in [1.29, 1.82) is 0 Å². The van der Waals surface area contributed by atoms with Crippen molar-refractivity contribution in [3.63, 3.8) is 0 Å². The summed E-state index contributed by atoms with van der Waals surface area (Å²) in [6, 6.07) is 0. The van der Waals surface area contributed by atoms with E-state index in [1.165, 1.54) is 6.33 Å². The third kappa shape index (κ3) is 1.36. The molecule has 1 aromatic rings. The van der Waals surface area contributed by atoms with Gasteiger partial charge in [-0.3, -0.25) is 9.48 Å². The predicted octanol–water partition coefficient (Wildman–Crippen LogP) is 0.727. The fourth-order valence-electron chi connectivity index (χ4n) is 1.59. The Morgan fingerprint density at radius 1 is 1.69 bits per heavy atom. The fraction of sp³-hybridized carbons (Fsp3) is 0.667. The molecule has 0 spiro atoms. The smallest absolute Gasteiger partial charge is 0.138 e. The summed E-state index contributed by atoms with van der Waals surface area (Å²) in [5.74, 6) is 1.20. The summed E-state index contributed by atoms with van der Waals surface area (Å²) in [4.78, 5) is 15.4. The van der Waals surface area contributed by atoms with Crippen LogP contribution in [0.4, 0.5) is 0 Å². The van der Waals surface area contributed by atoms with Gasteiger partial charge in [0.1, 0.15) is 17.9 Å². The fourth-order valence-corrected chi connectivity index (χ4v) is 1.59. The van der Waals surface area contributed by atoms with Gasteiger partial charge in [0.25, 0.3) is 0 Å². The summed E-state index contributed by atoms with van der Waals surface area (Å²) in [5.41, 5.74) is -0.0964. The third-order valence-corrected chi connectivity index (χ3v) is 2.90. The average Bonchev–Trinajstić information content (AvgIpc) is 2.74. The van der Waals surface area contributed by atoms with Crippen LogP contribution >= 0.6 is 0 Å². The SMILES string of the molecule is CC(=O)C1(Cc2ncnn2C)CC1. The van der Waals surface area contributed by atoms with Gasteiger partial charge in [0, 0.05) is 18.9 Å². The number of aryl methyl sites for hydroxylation is 1. The molecule has 1 heterocycles. The number of aromatic nitrogens is 3. The molecule has 1 aliphatic carbocycles. The van der Waals surface area contributed by atoms with Crippen molar-refractivity contribution < 1.29 is 4.79 Å². The van der Waals surface area contributed by atoms with Crippen molar-refractivity contribution in [3.05, 3.63) is 12.2 Å². The number of rotatable bonds is 3. The van der Waals surface area contributed by atoms with Crippen molar-refractivity contribution in [2.75, 3.05) is 0 Å². The Balaban J connectivity index is 2.15. The minimum absolute atomic E-state index is 0.0964. The molecular formula is C9H13N3O. The van der Waals surface area contributed by atoms with Crippen molar-refractivity contribution in [2.45, 2.75) is 26.2 Å². The highest BCUT2D eigenvalue weighted by Gasteiger charge is 2.47. The molecule has 0 atom stereocenters. The first-order valence-electron chi connectivity index (χ1n) is 4.48. The lowest BCUT2D eigenvalue weighted by Crippen LogP contribution is -2.17. The van der Waals surface area contributed by atoms with Crippen LogP contribution in [0.25, 0.3) is 0 Å². The van der Waals surface area contributed by atoms with Crippen LogP contribution in [0.5, 0.6) is 0 Å². The maximum absolute atomic E-state index is 11.3. The Morgan fingerprint density at radius 3 is 2.77 bits per heavy atom. The molecule has 0 amide bonds. The number of carbonyl (C=O) groups excluding carboxylic acids is 1. The lowest BCUT2D eigenvalue weighted by molar-refractivity contribution is -0.122. The largest absolute Gasteiger partial charge is 0.299 e. The number of ketones is 1. The molecule has 1 aliphatic rings. The topological polar surface area (TPSA) is 47.8 Å². The number of nitrogens with zero attached hydrogens (tertiary/aromatic N) is 3. The van der Waals surface area contributed by atoms with Gasteiger partial charge in [0.2, 0.25) is 0 Å². The highest BCUT2D eigenvalue weighted by molar-refractivity contribution is 5.85. The molecule has 0 unspecified atom stereocenters. The molecule has 1 fully saturated rings. The van der Waals surface area contributed by atoms with E-state index in [-0.39, 0.29) is 11.2 Å². The van der Waals surface area contributed by atoms with Crippen LogP contribution in [0.3, 0.4) is 0 Å². The maximum Gasteiger partial charge on any atom is 0.138 e. The van der Waals surface area contributed by atoms with Gasteiger partial charge in [-0.1, -0.05) is 0 Å². The van der Waals surface area contributed by atoms with Crippen molar-refractivity contribution in [1.82, 2.24) is 14.8 Å². The van der Waals surface area contributed by atoms with E-state index in [1.807, 2.05) is 7.05 Å². The summed E-state index contributed by atoms with van der Waals surface area (Å²) >= 11 is 0. The lowest BCUT2D eigenvalue weighted by atomic mass is 9.97. The van der Waals surface area contributed by atoms with Crippen LogP contribution in [-0.2, 0) is 18.3 Å². The van der Waals surface area contributed by atoms with Gasteiger partial charge in [-0.2, -0.15) is 5.10 Å². The van der Waals surface area contributed by atoms with Crippen molar-refractivity contribution in [3.8, 4) is 0 Å². The predicted molar refractivity (Wildman–Crippen MR) is 47.1 cm³/mol. The van der Waals surface area contributed by atoms with E-state index in [4.69, 9.17) is 0 Å². The van der Waals surface area contributed by atoms with E-state index in [2.05, 4.69) is 10.1 Å². The first-order valence-corrected chi connectivity index (χ1v) is 4.48. The second kappa shape index (κ2) is 2.65. The molecule has 0 aromatic carbocycles. The van der Waals surface area contributed by atoms with Crippen molar-refractivity contribution in [2.24, 2.45) is 12.5 Å². The highest BCUT2D eigenvalue weighted by Crippen LogP contribution is 2.48. The summed E-state index contributed by atoms with van der Waals surface area (Å²) in [6.07, 6.45) is 4.30. The second-order valence-corrected chi connectivity index (χ2v) is 3.81. The van der Waals surface area contributed by atoms with E-state index < -0.39 is 0 Å². The first kappa shape index (κ1) is 8.41. The van der Waals surface area contributed by atoms with Crippen LogP contribution in [-0.4, -0.2) is 20.5 Å². The molecule has 0 aliphatic heterocycles. The number of hydrogen-bond acceptors (Lipinski definition) is 3. The molecule has 0 saturated heterocycles. The normalized spacial score (nSPS) is 18.6. The average molecular weight is 179 g/mol. The molecule has 0 N–H and O–H groups in total. The molecule has 2 rings (SSSR count). The Hall–Kier alpha value is -1.19. The Bertz CT molecular complexity index is 338. The van der Waals surface area contributed by atoms with Gasteiger partial charge in [-0.25, -0.2) is 4.98 Å². The zero-order chi connectivity index (χ0) is 9.47. The molecule has 0 bridgehead atoms. The zero-order valence-corrected chi connectivity index (χ0v) is 7.95. The van der Waals surface area contributed by atoms with E-state index >= 15 is 0 Å². The van der Waals surface area contributed by atoms with Gasteiger partial charge in [-0.05, 0) is 19.8 Å². The van der Waals surface area contributed by atoms with E-state index in [9.17, 15) is 4.79 Å². The van der Waals surface area contributed by atoms with E-state index in [0.29, 0.717) is 0 Å². The molecule has 4 heteroatoms. The minimum atomic E-state index is -0.0964. The summed E-state index contributed by atoms with van der Waals surface area (Å²) in [7, 11) is 1.86. The zero-order valence-electron chi connectivity index (χ0n) is 7.95. The van der Waals surface area contributed by atoms with Gasteiger partial charge in [-0.15, -0.1) is 0 Å². The van der Waals surface area contributed by atoms with Crippen LogP contribution in [0.15, 0.2) is 6.33 Å². The molecule has 4 nitrogen and oxygen atoms in total. The summed E-state index contributed by atoms with van der Waals surface area (Å²) in [6.45, 7) is 1.67. The van der Waals surface area contributed by atoms with E-state index in [0.717, 1.165) is 25.1 Å². The number of carbonyl (C=O) groups is 1. The van der Waals surface area contributed by atoms with Gasteiger partial charge >= 0.3 is 0 Å². The molecule has 70 valence electrons. The molecule has 0 radical (unpaired) electrons. The summed E-state index contributed by atoms with van der Waals surface area (Å²) in [5, 5.41) is 3.98. The quantitative estimate of drug-likeness (QED) is 0.687. The maximum atomic E-state index is 11.3. The molecule has 1 aromatic heterocycles. The van der Waals surface area contributed by atoms with Gasteiger partial charge in [0.05, 0.1) is 0 Å². The molecular weight excluding hydrogens is 166 g/mol. The third-order valence-electron chi connectivity index (χ3n) is 2.90. The van der Waals surface area contributed by atoms with Crippen LogP contribution in [0.1, 0.15) is 25.6 Å². The molecule has 13 heavy (non-hydrogen) atoms. The highest BCUT2D eigenvalue weighted by atomic mass is 16.1. The van der Waals surface area contributed by atoms with Crippen molar-refractivity contribution >= 4 is 5.78 Å². The van der Waals surface area contributed by atoms with Crippen LogP contribution in [0.2, 0.25) is 0 Å². The van der Waals surface area contributed by atoms with Crippen LogP contribution in [0, 0.1) is 5.41 Å². The summed E-state index contributed by atoms with van der Waals surface area (Å²) < 4.78 is 1.74. The Morgan fingerprint density at radius 2 is 2.38 bits per heavy atom. The minimum Gasteiger partial charge on any atom is -0.299 e. The van der Waals surface area contributed by atoms with E-state index in [1.54, 1.807) is 11.6 Å².